The van der Waals surface area contributed by atoms with Gasteiger partial charge in [0.25, 0.3) is 5.91 Å². The third-order valence-electron chi connectivity index (χ3n) is 5.80. The fourth-order valence-electron chi connectivity index (χ4n) is 4.24. The number of carbonyl (C=O) groups excluding carboxylic acids is 1. The fourth-order valence-corrected chi connectivity index (χ4v) is 4.24. The van der Waals surface area contributed by atoms with Gasteiger partial charge in [0.1, 0.15) is 17.7 Å². The Hall–Kier alpha value is -2.67. The summed E-state index contributed by atoms with van der Waals surface area (Å²) in [6.45, 7) is 5.64. The van der Waals surface area contributed by atoms with Crippen molar-refractivity contribution in [1.82, 2.24) is 14.9 Å². The number of piperidine rings is 1. The SMILES string of the molecule is Cc1cc2c(nc1N1CCC(Oc3cnc4c(c3)COC4)CC1)CN(C)C2=O. The number of amides is 1. The zero-order valence-corrected chi connectivity index (χ0v) is 16.3. The van der Waals surface area contributed by atoms with E-state index in [1.165, 1.54) is 0 Å². The predicted molar refractivity (Wildman–Crippen MR) is 103 cm³/mol. The Balaban J connectivity index is 1.25. The van der Waals surface area contributed by atoms with E-state index >= 15 is 0 Å². The van der Waals surface area contributed by atoms with Crippen LogP contribution < -0.4 is 9.64 Å². The Morgan fingerprint density at radius 2 is 2.00 bits per heavy atom. The lowest BCUT2D eigenvalue weighted by molar-refractivity contribution is 0.0816. The second-order valence-corrected chi connectivity index (χ2v) is 7.86. The van der Waals surface area contributed by atoms with Gasteiger partial charge in [-0.3, -0.25) is 9.78 Å². The number of carbonyl (C=O) groups is 1. The molecule has 3 aliphatic heterocycles. The van der Waals surface area contributed by atoms with Crippen molar-refractivity contribution in [3.8, 4) is 5.75 Å². The molecule has 3 aliphatic rings. The largest absolute Gasteiger partial charge is 0.489 e. The summed E-state index contributed by atoms with van der Waals surface area (Å²) in [7, 11) is 1.82. The van der Waals surface area contributed by atoms with Gasteiger partial charge in [-0.15, -0.1) is 0 Å². The zero-order chi connectivity index (χ0) is 19.3. The van der Waals surface area contributed by atoms with Crippen molar-refractivity contribution in [3.05, 3.63) is 46.4 Å². The summed E-state index contributed by atoms with van der Waals surface area (Å²) in [5.41, 5.74) is 4.84. The summed E-state index contributed by atoms with van der Waals surface area (Å²) in [5, 5.41) is 0. The standard InChI is InChI=1S/C21H24N4O3/c1-13-7-17-18(10-24(2)21(17)26)23-20(13)25-5-3-15(4-6-25)28-16-8-14-11-27-12-19(14)22-9-16/h7-9,15H,3-6,10-12H2,1-2H3. The van der Waals surface area contributed by atoms with Crippen molar-refractivity contribution in [3.63, 3.8) is 0 Å². The molecule has 0 N–H and O–H groups in total. The monoisotopic (exact) mass is 380 g/mol. The first-order valence-corrected chi connectivity index (χ1v) is 9.81. The van der Waals surface area contributed by atoms with Crippen LogP contribution in [-0.2, 0) is 24.5 Å². The number of fused-ring (bicyclic) bond motifs is 2. The molecule has 28 heavy (non-hydrogen) atoms. The molecule has 1 amide bonds. The van der Waals surface area contributed by atoms with Crippen LogP contribution in [0.2, 0.25) is 0 Å². The molecule has 0 spiro atoms. The Kier molecular flexibility index (Phi) is 4.19. The number of nitrogens with zero attached hydrogens (tertiary/aromatic N) is 4. The molecule has 5 rings (SSSR count). The van der Waals surface area contributed by atoms with Crippen LogP contribution in [0.5, 0.6) is 5.75 Å². The number of hydrogen-bond acceptors (Lipinski definition) is 6. The Bertz CT molecular complexity index is 937. The molecule has 1 fully saturated rings. The van der Waals surface area contributed by atoms with Gasteiger partial charge in [0.15, 0.2) is 0 Å². The number of aryl methyl sites for hydroxylation is 1. The first-order chi connectivity index (χ1) is 13.6. The molecule has 146 valence electrons. The Morgan fingerprint density at radius 3 is 2.82 bits per heavy atom. The van der Waals surface area contributed by atoms with E-state index in [0.717, 1.165) is 65.6 Å². The van der Waals surface area contributed by atoms with Gasteiger partial charge < -0.3 is 19.3 Å². The second-order valence-electron chi connectivity index (χ2n) is 7.86. The maximum atomic E-state index is 12.2. The van der Waals surface area contributed by atoms with Gasteiger partial charge in [-0.05, 0) is 24.6 Å². The van der Waals surface area contributed by atoms with Gasteiger partial charge in [0.2, 0.25) is 0 Å². The summed E-state index contributed by atoms with van der Waals surface area (Å²) in [4.78, 5) is 25.5. The van der Waals surface area contributed by atoms with Gasteiger partial charge in [-0.2, -0.15) is 0 Å². The number of hydrogen-bond donors (Lipinski definition) is 0. The molecule has 0 unspecified atom stereocenters. The molecule has 5 heterocycles. The molecule has 2 aromatic heterocycles. The van der Waals surface area contributed by atoms with E-state index in [1.54, 1.807) is 11.1 Å². The molecule has 1 saturated heterocycles. The quantitative estimate of drug-likeness (QED) is 0.815. The lowest BCUT2D eigenvalue weighted by Crippen LogP contribution is -2.39. The molecule has 0 aliphatic carbocycles. The minimum absolute atomic E-state index is 0.0672. The number of rotatable bonds is 3. The number of anilines is 1. The first kappa shape index (κ1) is 17.4. The van der Waals surface area contributed by atoms with Crippen LogP contribution in [0.4, 0.5) is 5.82 Å². The molecule has 0 bridgehead atoms. The highest BCUT2D eigenvalue weighted by atomic mass is 16.5. The van der Waals surface area contributed by atoms with Crippen LogP contribution in [0.25, 0.3) is 0 Å². The highest BCUT2D eigenvalue weighted by molar-refractivity contribution is 5.98. The lowest BCUT2D eigenvalue weighted by Gasteiger charge is -2.34. The van der Waals surface area contributed by atoms with E-state index in [9.17, 15) is 4.79 Å². The van der Waals surface area contributed by atoms with Crippen molar-refractivity contribution >= 4 is 11.7 Å². The van der Waals surface area contributed by atoms with Crippen LogP contribution in [0, 0.1) is 6.92 Å². The molecule has 2 aromatic rings. The smallest absolute Gasteiger partial charge is 0.255 e. The fraction of sp³-hybridized carbons (Fsp3) is 0.476. The number of pyridine rings is 2. The topological polar surface area (TPSA) is 67.8 Å². The summed E-state index contributed by atoms with van der Waals surface area (Å²) in [5.74, 6) is 1.89. The van der Waals surface area contributed by atoms with Crippen molar-refractivity contribution in [2.24, 2.45) is 0 Å². The summed E-state index contributed by atoms with van der Waals surface area (Å²) >= 11 is 0. The number of ether oxygens (including phenoxy) is 2. The Labute approximate surface area is 164 Å². The minimum atomic E-state index is 0.0672. The number of aromatic nitrogens is 2. The van der Waals surface area contributed by atoms with Crippen molar-refractivity contribution in [2.75, 3.05) is 25.0 Å². The zero-order valence-electron chi connectivity index (χ0n) is 16.3. The van der Waals surface area contributed by atoms with E-state index < -0.39 is 0 Å². The van der Waals surface area contributed by atoms with Crippen LogP contribution >= 0.6 is 0 Å². The molecule has 0 aromatic carbocycles. The van der Waals surface area contributed by atoms with Gasteiger partial charge in [-0.1, -0.05) is 0 Å². The average Bonchev–Trinajstić information content (AvgIpc) is 3.27. The molecule has 0 atom stereocenters. The van der Waals surface area contributed by atoms with E-state index in [2.05, 4.69) is 16.0 Å². The Morgan fingerprint density at radius 1 is 1.18 bits per heavy atom. The maximum absolute atomic E-state index is 12.2. The average molecular weight is 380 g/mol. The van der Waals surface area contributed by atoms with Crippen LogP contribution in [0.15, 0.2) is 18.3 Å². The van der Waals surface area contributed by atoms with E-state index in [-0.39, 0.29) is 12.0 Å². The van der Waals surface area contributed by atoms with E-state index in [1.807, 2.05) is 20.0 Å². The summed E-state index contributed by atoms with van der Waals surface area (Å²) in [6.07, 6.45) is 3.86. The highest BCUT2D eigenvalue weighted by Crippen LogP contribution is 2.30. The van der Waals surface area contributed by atoms with Crippen LogP contribution in [0.3, 0.4) is 0 Å². The summed E-state index contributed by atoms with van der Waals surface area (Å²) in [6, 6.07) is 4.05. The van der Waals surface area contributed by atoms with Crippen molar-refractivity contribution < 1.29 is 14.3 Å². The molecule has 7 heteroatoms. The van der Waals surface area contributed by atoms with Gasteiger partial charge in [-0.25, -0.2) is 4.98 Å². The molecule has 0 radical (unpaired) electrons. The van der Waals surface area contributed by atoms with Crippen LogP contribution in [-0.4, -0.2) is 47.0 Å². The molecule has 0 saturated carbocycles. The summed E-state index contributed by atoms with van der Waals surface area (Å²) < 4.78 is 11.6. The van der Waals surface area contributed by atoms with E-state index in [0.29, 0.717) is 19.8 Å². The minimum Gasteiger partial charge on any atom is -0.489 e. The maximum Gasteiger partial charge on any atom is 0.255 e. The molecular weight excluding hydrogens is 356 g/mol. The normalized spacial score (nSPS) is 19.1. The first-order valence-electron chi connectivity index (χ1n) is 9.81. The third kappa shape index (κ3) is 2.99. The van der Waals surface area contributed by atoms with Crippen molar-refractivity contribution in [1.29, 1.82) is 0 Å². The molecular formula is C21H24N4O3. The van der Waals surface area contributed by atoms with Gasteiger partial charge in [0, 0.05) is 38.5 Å². The van der Waals surface area contributed by atoms with Crippen molar-refractivity contribution in [2.45, 2.75) is 45.6 Å². The predicted octanol–water partition coefficient (Wildman–Crippen LogP) is 2.45. The second kappa shape index (κ2) is 6.74. The van der Waals surface area contributed by atoms with Crippen LogP contribution in [0.1, 0.15) is 45.7 Å². The third-order valence-corrected chi connectivity index (χ3v) is 5.80. The van der Waals surface area contributed by atoms with Gasteiger partial charge >= 0.3 is 0 Å². The lowest BCUT2D eigenvalue weighted by atomic mass is 10.1. The molecule has 7 nitrogen and oxygen atoms in total. The highest BCUT2D eigenvalue weighted by Gasteiger charge is 2.29. The van der Waals surface area contributed by atoms with E-state index in [4.69, 9.17) is 14.5 Å². The van der Waals surface area contributed by atoms with Gasteiger partial charge in [0.05, 0.1) is 42.9 Å².